The fourth-order valence-electron chi connectivity index (χ4n) is 11.9. The Labute approximate surface area is 548 Å². The first kappa shape index (κ1) is 84.4. The van der Waals surface area contributed by atoms with Gasteiger partial charge in [0.1, 0.15) is 24.4 Å². The quantitative estimate of drug-likeness (QED) is 0.0195. The van der Waals surface area contributed by atoms with Gasteiger partial charge in [0, 0.05) is 12.8 Å². The zero-order chi connectivity index (χ0) is 64.4. The fraction of sp³-hybridized carbons (Fsp3) is 0.846. The van der Waals surface area contributed by atoms with Crippen molar-refractivity contribution in [3.05, 3.63) is 60.8 Å². The minimum Gasteiger partial charge on any atom is -0.466 e. The van der Waals surface area contributed by atoms with E-state index in [0.29, 0.717) is 19.4 Å². The summed E-state index contributed by atoms with van der Waals surface area (Å²) in [6.07, 6.45) is 79.4. The number of allylic oxidation sites excluding steroid dienone is 9. The molecule has 0 aromatic rings. The lowest BCUT2D eigenvalue weighted by Crippen LogP contribution is -2.60. The highest BCUT2D eigenvalue weighted by Crippen LogP contribution is 2.23. The van der Waals surface area contributed by atoms with Crippen molar-refractivity contribution in [1.82, 2.24) is 5.32 Å². The zero-order valence-corrected chi connectivity index (χ0v) is 57.9. The van der Waals surface area contributed by atoms with Crippen LogP contribution in [0.4, 0.5) is 0 Å². The highest BCUT2D eigenvalue weighted by atomic mass is 16.7. The van der Waals surface area contributed by atoms with Crippen molar-refractivity contribution < 1.29 is 49.3 Å². The van der Waals surface area contributed by atoms with Crippen molar-refractivity contribution in [2.45, 2.75) is 403 Å². The van der Waals surface area contributed by atoms with Gasteiger partial charge in [-0.2, -0.15) is 0 Å². The van der Waals surface area contributed by atoms with E-state index in [1.165, 1.54) is 263 Å². The molecule has 0 bridgehead atoms. The predicted octanol–water partition coefficient (Wildman–Crippen LogP) is 20.1. The molecule has 0 spiro atoms. The third-order valence-electron chi connectivity index (χ3n) is 17.8. The minimum absolute atomic E-state index is 0.00951. The van der Waals surface area contributed by atoms with Gasteiger partial charge in [0.25, 0.3) is 0 Å². The molecule has 1 aliphatic heterocycles. The van der Waals surface area contributed by atoms with Crippen LogP contribution >= 0.6 is 0 Å². The number of aliphatic hydroxyl groups excluding tert-OH is 5. The van der Waals surface area contributed by atoms with Gasteiger partial charge in [-0.15, -0.1) is 0 Å². The van der Waals surface area contributed by atoms with Crippen LogP contribution in [0.25, 0.3) is 0 Å². The second-order valence-electron chi connectivity index (χ2n) is 26.3. The van der Waals surface area contributed by atoms with Crippen LogP contribution in [-0.2, 0) is 23.8 Å². The summed E-state index contributed by atoms with van der Waals surface area (Å²) >= 11 is 0. The first-order chi connectivity index (χ1) is 43.7. The van der Waals surface area contributed by atoms with E-state index in [2.05, 4.69) is 67.8 Å². The Hall–Kier alpha value is -2.64. The molecule has 1 aliphatic rings. The van der Waals surface area contributed by atoms with Crippen molar-refractivity contribution in [1.29, 1.82) is 0 Å². The maximum Gasteiger partial charge on any atom is 0.305 e. The van der Waals surface area contributed by atoms with E-state index in [1.807, 2.05) is 6.08 Å². The number of hydrogen-bond acceptors (Lipinski definition) is 10. The van der Waals surface area contributed by atoms with Crippen LogP contribution in [0.15, 0.2) is 60.8 Å². The second-order valence-corrected chi connectivity index (χ2v) is 26.3. The molecule has 520 valence electrons. The molecule has 11 heteroatoms. The van der Waals surface area contributed by atoms with Crippen LogP contribution in [0, 0.1) is 0 Å². The smallest absolute Gasteiger partial charge is 0.305 e. The number of ether oxygens (including phenoxy) is 3. The molecule has 11 nitrogen and oxygen atoms in total. The Balaban J connectivity index is 1.97. The van der Waals surface area contributed by atoms with Gasteiger partial charge in [0.2, 0.25) is 5.91 Å². The number of carbonyl (C=O) groups is 2. The summed E-state index contributed by atoms with van der Waals surface area (Å²) < 4.78 is 16.7. The normalized spacial score (nSPS) is 18.0. The molecule has 1 amide bonds. The van der Waals surface area contributed by atoms with E-state index in [1.54, 1.807) is 6.08 Å². The molecule has 6 N–H and O–H groups in total. The van der Waals surface area contributed by atoms with Crippen molar-refractivity contribution in [2.75, 3.05) is 19.8 Å². The summed E-state index contributed by atoms with van der Waals surface area (Å²) in [5, 5.41) is 54.6. The van der Waals surface area contributed by atoms with E-state index in [4.69, 9.17) is 14.2 Å². The third-order valence-corrected chi connectivity index (χ3v) is 17.8. The molecule has 0 radical (unpaired) electrons. The molecule has 7 atom stereocenters. The molecular formula is C78H143NO10. The molecule has 1 fully saturated rings. The summed E-state index contributed by atoms with van der Waals surface area (Å²) in [5.74, 6) is -0.183. The zero-order valence-electron chi connectivity index (χ0n) is 57.9. The lowest BCUT2D eigenvalue weighted by Gasteiger charge is -2.40. The topological polar surface area (TPSA) is 175 Å². The lowest BCUT2D eigenvalue weighted by molar-refractivity contribution is -0.302. The minimum atomic E-state index is -1.58. The van der Waals surface area contributed by atoms with Gasteiger partial charge in [0.15, 0.2) is 6.29 Å². The number of hydrogen-bond donors (Lipinski definition) is 6. The largest absolute Gasteiger partial charge is 0.466 e. The Morgan fingerprint density at radius 2 is 0.764 bits per heavy atom. The van der Waals surface area contributed by atoms with Crippen molar-refractivity contribution in [3.8, 4) is 0 Å². The molecule has 1 rings (SSSR count). The molecule has 1 saturated heterocycles. The second kappa shape index (κ2) is 66.8. The Morgan fingerprint density at radius 3 is 1.18 bits per heavy atom. The van der Waals surface area contributed by atoms with E-state index in [0.717, 1.165) is 70.6 Å². The first-order valence-electron chi connectivity index (χ1n) is 38.1. The van der Waals surface area contributed by atoms with E-state index >= 15 is 0 Å². The molecule has 1 heterocycles. The number of nitrogens with one attached hydrogen (secondary N) is 1. The van der Waals surface area contributed by atoms with E-state index in [-0.39, 0.29) is 18.5 Å². The van der Waals surface area contributed by atoms with E-state index in [9.17, 15) is 35.1 Å². The SMILES string of the molecule is CCCCCCC/C=C/CC/C=C/CC/C=C/C(O)C(COC1OC(CO)C(O)C(O)C1O)NC(=O)CCCCCCCCCCCCCCCCCCC/C=C\C/C=C\CCCCCCCCCCCCCOC(=O)CCCCCCCCCCCCC. The van der Waals surface area contributed by atoms with Gasteiger partial charge >= 0.3 is 5.97 Å². The fourth-order valence-corrected chi connectivity index (χ4v) is 11.9. The van der Waals surface area contributed by atoms with Crippen LogP contribution in [-0.4, -0.2) is 100 Å². The summed E-state index contributed by atoms with van der Waals surface area (Å²) in [6.45, 7) is 4.34. The average molecular weight is 1250 g/mol. The summed E-state index contributed by atoms with van der Waals surface area (Å²) in [6, 6.07) is -0.834. The highest BCUT2D eigenvalue weighted by Gasteiger charge is 2.44. The average Bonchev–Trinajstić information content (AvgIpc) is 2.74. The third kappa shape index (κ3) is 55.5. The Kier molecular flexibility index (Phi) is 63.3. The first-order valence-corrected chi connectivity index (χ1v) is 38.1. The Bertz CT molecular complexity index is 1660. The van der Waals surface area contributed by atoms with Crippen molar-refractivity contribution in [3.63, 3.8) is 0 Å². The predicted molar refractivity (Wildman–Crippen MR) is 375 cm³/mol. The maximum atomic E-state index is 13.1. The van der Waals surface area contributed by atoms with Crippen molar-refractivity contribution >= 4 is 11.9 Å². The van der Waals surface area contributed by atoms with Gasteiger partial charge in [0.05, 0.1) is 32.0 Å². The Morgan fingerprint density at radius 1 is 0.416 bits per heavy atom. The summed E-state index contributed by atoms with van der Waals surface area (Å²) in [4.78, 5) is 25.1. The van der Waals surface area contributed by atoms with Gasteiger partial charge in [-0.3, -0.25) is 9.59 Å². The van der Waals surface area contributed by atoms with Crippen LogP contribution in [0.3, 0.4) is 0 Å². The van der Waals surface area contributed by atoms with E-state index < -0.39 is 49.5 Å². The van der Waals surface area contributed by atoms with Crippen LogP contribution in [0.2, 0.25) is 0 Å². The van der Waals surface area contributed by atoms with Gasteiger partial charge < -0.3 is 45.1 Å². The molecule has 89 heavy (non-hydrogen) atoms. The van der Waals surface area contributed by atoms with Gasteiger partial charge in [-0.05, 0) is 89.9 Å². The number of unbranched alkanes of at least 4 members (excludes halogenated alkanes) is 45. The molecule has 7 unspecified atom stereocenters. The summed E-state index contributed by atoms with van der Waals surface area (Å²) in [7, 11) is 0. The number of carbonyl (C=O) groups excluding carboxylic acids is 2. The lowest BCUT2D eigenvalue weighted by atomic mass is 9.99. The number of esters is 1. The molecular weight excluding hydrogens is 1110 g/mol. The highest BCUT2D eigenvalue weighted by molar-refractivity contribution is 5.76. The number of amides is 1. The molecule has 0 aliphatic carbocycles. The van der Waals surface area contributed by atoms with Gasteiger partial charge in [-0.1, -0.05) is 319 Å². The van der Waals surface area contributed by atoms with Crippen LogP contribution in [0.1, 0.15) is 361 Å². The maximum absolute atomic E-state index is 13.1. The van der Waals surface area contributed by atoms with Crippen LogP contribution in [0.5, 0.6) is 0 Å². The standard InChI is InChI=1S/C78H143NO10/c1-3-5-7-9-11-13-15-16-38-41-45-48-52-56-60-64-71(81)70(69-88-78-77(86)76(85)75(84)72(68-80)89-78)79-73(82)65-61-57-53-49-46-42-39-36-34-32-30-28-26-24-22-20-18-17-19-21-23-25-27-29-31-33-35-37-40-43-47-51-55-59-63-67-87-74(83)66-62-58-54-50-44-14-12-10-8-6-4-2/h15-16,19,21,25,27,45,48,60,64,70-72,75-78,80-81,84-86H,3-14,17-18,20,22-24,26,28-44,46-47,49-59,61-63,65-69H2,1-2H3,(H,79,82)/b16-15+,21-19-,27-25-,48-45+,64-60+. The number of rotatable bonds is 67. The summed E-state index contributed by atoms with van der Waals surface area (Å²) in [5.41, 5.74) is 0. The van der Waals surface area contributed by atoms with Crippen molar-refractivity contribution in [2.24, 2.45) is 0 Å². The monoisotopic (exact) mass is 1250 g/mol. The van der Waals surface area contributed by atoms with Crippen LogP contribution < -0.4 is 5.32 Å². The molecule has 0 aromatic carbocycles. The number of aliphatic hydroxyl groups is 5. The molecule has 0 saturated carbocycles. The van der Waals surface area contributed by atoms with Gasteiger partial charge in [-0.25, -0.2) is 0 Å². The molecule has 0 aromatic heterocycles.